The molecule has 7 nitrogen and oxygen atoms in total. The zero-order valence-electron chi connectivity index (χ0n) is 13.4. The van der Waals surface area contributed by atoms with E-state index in [1.807, 2.05) is 0 Å². The summed E-state index contributed by atoms with van der Waals surface area (Å²) in [5.41, 5.74) is 0.772. The molecule has 0 atom stereocenters. The number of hydrogen-bond acceptors (Lipinski definition) is 8. The summed E-state index contributed by atoms with van der Waals surface area (Å²) < 4.78 is 0. The lowest BCUT2D eigenvalue weighted by Gasteiger charge is -2.47. The minimum atomic E-state index is -0.0451. The lowest BCUT2D eigenvalue weighted by molar-refractivity contribution is 0.110. The molecular formula is C15H21N5O2S. The van der Waals surface area contributed by atoms with E-state index in [1.54, 1.807) is 17.7 Å². The molecule has 0 aromatic carbocycles. The second kappa shape index (κ2) is 4.99. The summed E-state index contributed by atoms with van der Waals surface area (Å²) in [7, 11) is 0. The van der Waals surface area contributed by atoms with Crippen molar-refractivity contribution in [3.8, 4) is 0 Å². The van der Waals surface area contributed by atoms with Gasteiger partial charge in [-0.3, -0.25) is 0 Å². The number of thiazole rings is 1. The van der Waals surface area contributed by atoms with Crippen molar-refractivity contribution < 1.29 is 10.2 Å². The number of nitrogens with zero attached hydrogens (tertiary/aromatic N) is 5. The van der Waals surface area contributed by atoms with E-state index in [9.17, 15) is 10.2 Å². The highest BCUT2D eigenvalue weighted by Crippen LogP contribution is 2.41. The Hall–Kier alpha value is -1.51. The van der Waals surface area contributed by atoms with E-state index in [-0.39, 0.29) is 24.0 Å². The summed E-state index contributed by atoms with van der Waals surface area (Å²) in [4.78, 5) is 18.7. The Balaban J connectivity index is 1.59. The highest BCUT2D eigenvalue weighted by atomic mass is 32.1. The molecule has 2 fully saturated rings. The van der Waals surface area contributed by atoms with E-state index in [4.69, 9.17) is 4.98 Å². The first-order valence-electron chi connectivity index (χ1n) is 7.78. The van der Waals surface area contributed by atoms with E-state index in [0.29, 0.717) is 0 Å². The molecule has 2 saturated heterocycles. The fraction of sp³-hybridized carbons (Fsp3) is 0.667. The molecule has 4 rings (SSSR count). The van der Waals surface area contributed by atoms with Gasteiger partial charge < -0.3 is 20.0 Å². The van der Waals surface area contributed by atoms with Gasteiger partial charge in [-0.2, -0.15) is 0 Å². The summed E-state index contributed by atoms with van der Waals surface area (Å²) >= 11 is 1.57. The zero-order chi connectivity index (χ0) is 16.2. The zero-order valence-corrected chi connectivity index (χ0v) is 14.2. The number of aromatic nitrogens is 3. The van der Waals surface area contributed by atoms with Crippen molar-refractivity contribution in [3.63, 3.8) is 0 Å². The molecule has 23 heavy (non-hydrogen) atoms. The fourth-order valence-electron chi connectivity index (χ4n) is 3.33. The topological polar surface area (TPSA) is 85.6 Å². The summed E-state index contributed by atoms with van der Waals surface area (Å²) in [6, 6.07) is 0. The van der Waals surface area contributed by atoms with Crippen molar-refractivity contribution in [2.75, 3.05) is 49.2 Å². The standard InChI is InChI=1S/C15H21N5O2S/c1-14(7-21)3-19(4-14)11-10-12(17-9-16-11)23-13(18-10)20-5-15(2,6-20)8-22/h9,21-22H,3-8H2,1-2H3. The molecular weight excluding hydrogens is 314 g/mol. The average Bonchev–Trinajstić information content (AvgIpc) is 2.92. The number of fused-ring (bicyclic) bond motifs is 1. The van der Waals surface area contributed by atoms with Gasteiger partial charge in [0.25, 0.3) is 0 Å². The molecule has 2 aliphatic rings. The maximum absolute atomic E-state index is 9.41. The average molecular weight is 335 g/mol. The van der Waals surface area contributed by atoms with Crippen molar-refractivity contribution in [2.45, 2.75) is 13.8 Å². The van der Waals surface area contributed by atoms with Crippen LogP contribution in [0.1, 0.15) is 13.8 Å². The van der Waals surface area contributed by atoms with Gasteiger partial charge in [-0.1, -0.05) is 25.2 Å². The summed E-state index contributed by atoms with van der Waals surface area (Å²) in [5.74, 6) is 0.855. The number of hydrogen-bond donors (Lipinski definition) is 2. The smallest absolute Gasteiger partial charge is 0.188 e. The molecule has 2 aromatic heterocycles. The van der Waals surface area contributed by atoms with Crippen LogP contribution in [0.15, 0.2) is 6.33 Å². The van der Waals surface area contributed by atoms with Gasteiger partial charge in [0.05, 0.1) is 13.2 Å². The molecule has 0 aliphatic carbocycles. The van der Waals surface area contributed by atoms with Crippen LogP contribution in [0.25, 0.3) is 10.3 Å². The molecule has 0 bridgehead atoms. The third-order valence-corrected chi connectivity index (χ3v) is 5.81. The summed E-state index contributed by atoms with van der Waals surface area (Å²) in [6.07, 6.45) is 1.59. The highest BCUT2D eigenvalue weighted by Gasteiger charge is 2.41. The van der Waals surface area contributed by atoms with E-state index in [0.717, 1.165) is 47.5 Å². The fourth-order valence-corrected chi connectivity index (χ4v) is 4.24. The van der Waals surface area contributed by atoms with Gasteiger partial charge in [0, 0.05) is 37.0 Å². The van der Waals surface area contributed by atoms with E-state index < -0.39 is 0 Å². The Bertz CT molecular complexity index is 737. The maximum atomic E-state index is 9.41. The molecule has 0 amide bonds. The predicted molar refractivity (Wildman–Crippen MR) is 90.0 cm³/mol. The van der Waals surface area contributed by atoms with Gasteiger partial charge in [-0.15, -0.1) is 0 Å². The molecule has 124 valence electrons. The Morgan fingerprint density at radius 1 is 1.04 bits per heavy atom. The minimum absolute atomic E-state index is 0.0211. The van der Waals surface area contributed by atoms with Crippen LogP contribution in [0.4, 0.5) is 10.9 Å². The molecule has 0 spiro atoms. The summed E-state index contributed by atoms with van der Waals surface area (Å²) in [6.45, 7) is 7.75. The molecule has 4 heterocycles. The van der Waals surface area contributed by atoms with Crippen molar-refractivity contribution in [1.29, 1.82) is 0 Å². The number of anilines is 2. The van der Waals surface area contributed by atoms with Crippen LogP contribution in [0.2, 0.25) is 0 Å². The molecule has 0 saturated carbocycles. The third-order valence-electron chi connectivity index (χ3n) is 4.79. The van der Waals surface area contributed by atoms with E-state index in [2.05, 4.69) is 33.6 Å². The maximum Gasteiger partial charge on any atom is 0.188 e. The van der Waals surface area contributed by atoms with E-state index in [1.165, 1.54) is 0 Å². The second-order valence-electron chi connectivity index (χ2n) is 7.50. The third kappa shape index (κ3) is 2.36. The van der Waals surface area contributed by atoms with Gasteiger partial charge in [-0.05, 0) is 0 Å². The number of aliphatic hydroxyl groups excluding tert-OH is 2. The van der Waals surface area contributed by atoms with Crippen LogP contribution in [-0.4, -0.2) is 64.6 Å². The van der Waals surface area contributed by atoms with Gasteiger partial charge in [0.1, 0.15) is 11.8 Å². The van der Waals surface area contributed by atoms with Crippen molar-refractivity contribution in [2.24, 2.45) is 10.8 Å². The van der Waals surface area contributed by atoms with Crippen molar-refractivity contribution >= 4 is 32.6 Å². The second-order valence-corrected chi connectivity index (χ2v) is 8.45. The summed E-state index contributed by atoms with van der Waals surface area (Å²) in [5, 5.41) is 19.7. The Labute approximate surface area is 138 Å². The largest absolute Gasteiger partial charge is 0.396 e. The Kier molecular flexibility index (Phi) is 3.26. The quantitative estimate of drug-likeness (QED) is 0.851. The first-order chi connectivity index (χ1) is 11.0. The van der Waals surface area contributed by atoms with Crippen LogP contribution in [0.3, 0.4) is 0 Å². The van der Waals surface area contributed by atoms with Crippen LogP contribution in [0.5, 0.6) is 0 Å². The minimum Gasteiger partial charge on any atom is -0.396 e. The van der Waals surface area contributed by atoms with Crippen LogP contribution in [0, 0.1) is 10.8 Å². The molecule has 0 unspecified atom stereocenters. The van der Waals surface area contributed by atoms with Crippen molar-refractivity contribution in [3.05, 3.63) is 6.33 Å². The lowest BCUT2D eigenvalue weighted by Crippen LogP contribution is -2.57. The number of rotatable bonds is 4. The number of aliphatic hydroxyl groups is 2. The molecule has 0 radical (unpaired) electrons. The van der Waals surface area contributed by atoms with Crippen LogP contribution < -0.4 is 9.80 Å². The first-order valence-corrected chi connectivity index (χ1v) is 8.60. The molecule has 8 heteroatoms. The lowest BCUT2D eigenvalue weighted by atomic mass is 9.83. The van der Waals surface area contributed by atoms with Gasteiger partial charge in [0.2, 0.25) is 0 Å². The highest BCUT2D eigenvalue weighted by molar-refractivity contribution is 7.21. The first kappa shape index (κ1) is 15.0. The molecule has 2 aromatic rings. The van der Waals surface area contributed by atoms with Crippen molar-refractivity contribution in [1.82, 2.24) is 15.0 Å². The van der Waals surface area contributed by atoms with E-state index >= 15 is 0 Å². The monoisotopic (exact) mass is 335 g/mol. The SMILES string of the molecule is CC1(CO)CN(c2nc3c(N4CC(C)(CO)C4)ncnc3s2)C1. The van der Waals surface area contributed by atoms with Gasteiger partial charge in [-0.25, -0.2) is 15.0 Å². The van der Waals surface area contributed by atoms with Gasteiger partial charge >= 0.3 is 0 Å². The molecule has 2 aliphatic heterocycles. The Morgan fingerprint density at radius 2 is 1.65 bits per heavy atom. The Morgan fingerprint density at radius 3 is 2.26 bits per heavy atom. The van der Waals surface area contributed by atoms with Crippen LogP contribution in [-0.2, 0) is 0 Å². The predicted octanol–water partition coefficient (Wildman–Crippen LogP) is 0.723. The van der Waals surface area contributed by atoms with Crippen LogP contribution >= 0.6 is 11.3 Å². The normalized spacial score (nSPS) is 22.1. The molecule has 2 N–H and O–H groups in total. The van der Waals surface area contributed by atoms with Gasteiger partial charge in [0.15, 0.2) is 15.8 Å².